The molecule has 14 heavy (non-hydrogen) atoms. The first-order valence-electron chi connectivity index (χ1n) is 5.50. The third-order valence-corrected chi connectivity index (χ3v) is 3.10. The van der Waals surface area contributed by atoms with Gasteiger partial charge in [-0.3, -0.25) is 4.79 Å². The van der Waals surface area contributed by atoms with Gasteiger partial charge >= 0.3 is 0 Å². The number of carbonyl (C=O) groups excluding carboxylic acids is 1. The van der Waals surface area contributed by atoms with E-state index in [1.807, 2.05) is 18.7 Å². The van der Waals surface area contributed by atoms with Gasteiger partial charge in [-0.05, 0) is 32.6 Å². The Balaban J connectivity index is 2.38. The van der Waals surface area contributed by atoms with Gasteiger partial charge in [-0.25, -0.2) is 0 Å². The SMILES string of the molecule is CCN(CC1CCC1)C(=O)C(C)OC. The van der Waals surface area contributed by atoms with Crippen molar-refractivity contribution >= 4 is 5.91 Å². The maximum Gasteiger partial charge on any atom is 0.251 e. The number of hydrogen-bond acceptors (Lipinski definition) is 2. The summed E-state index contributed by atoms with van der Waals surface area (Å²) >= 11 is 0. The lowest BCUT2D eigenvalue weighted by atomic mass is 9.85. The molecule has 1 aliphatic carbocycles. The molecule has 82 valence electrons. The highest BCUT2D eigenvalue weighted by atomic mass is 16.5. The van der Waals surface area contributed by atoms with Gasteiger partial charge in [0, 0.05) is 20.2 Å². The summed E-state index contributed by atoms with van der Waals surface area (Å²) in [6.45, 7) is 5.55. The molecule has 0 radical (unpaired) electrons. The van der Waals surface area contributed by atoms with Crippen LogP contribution in [0.3, 0.4) is 0 Å². The molecule has 0 heterocycles. The first-order valence-corrected chi connectivity index (χ1v) is 5.50. The van der Waals surface area contributed by atoms with E-state index in [0.29, 0.717) is 0 Å². The average Bonchev–Trinajstić information content (AvgIpc) is 2.14. The summed E-state index contributed by atoms with van der Waals surface area (Å²) in [4.78, 5) is 13.7. The summed E-state index contributed by atoms with van der Waals surface area (Å²) in [5.74, 6) is 0.866. The first-order chi connectivity index (χ1) is 6.69. The second kappa shape index (κ2) is 5.35. The van der Waals surface area contributed by atoms with E-state index in [1.165, 1.54) is 19.3 Å². The molecule has 1 fully saturated rings. The van der Waals surface area contributed by atoms with Crippen molar-refractivity contribution < 1.29 is 9.53 Å². The van der Waals surface area contributed by atoms with E-state index >= 15 is 0 Å². The summed E-state index contributed by atoms with van der Waals surface area (Å²) in [5, 5.41) is 0. The molecule has 1 amide bonds. The maximum atomic E-state index is 11.8. The zero-order chi connectivity index (χ0) is 10.6. The largest absolute Gasteiger partial charge is 0.372 e. The molecule has 0 N–H and O–H groups in total. The minimum atomic E-state index is -0.296. The number of nitrogens with zero attached hydrogens (tertiary/aromatic N) is 1. The highest BCUT2D eigenvalue weighted by Crippen LogP contribution is 2.27. The van der Waals surface area contributed by atoms with Crippen molar-refractivity contribution in [2.45, 2.75) is 39.2 Å². The van der Waals surface area contributed by atoms with Crippen LogP contribution in [0.25, 0.3) is 0 Å². The zero-order valence-electron chi connectivity index (χ0n) is 9.45. The normalized spacial score (nSPS) is 18.8. The standard InChI is InChI=1S/C11H21NO2/c1-4-12(8-10-6-5-7-10)11(13)9(2)14-3/h9-10H,4-8H2,1-3H3. The molecule has 0 aliphatic heterocycles. The highest BCUT2D eigenvalue weighted by molar-refractivity contribution is 5.80. The van der Waals surface area contributed by atoms with Crippen LogP contribution in [0.4, 0.5) is 0 Å². The van der Waals surface area contributed by atoms with Gasteiger partial charge in [0.15, 0.2) is 0 Å². The Bertz CT molecular complexity index is 190. The highest BCUT2D eigenvalue weighted by Gasteiger charge is 2.25. The Labute approximate surface area is 86.4 Å². The molecule has 0 aromatic heterocycles. The van der Waals surface area contributed by atoms with Crippen LogP contribution < -0.4 is 0 Å². The van der Waals surface area contributed by atoms with Crippen LogP contribution in [-0.4, -0.2) is 37.1 Å². The van der Waals surface area contributed by atoms with Crippen LogP contribution in [0.2, 0.25) is 0 Å². The Kier molecular flexibility index (Phi) is 4.39. The molecule has 0 aromatic rings. The van der Waals surface area contributed by atoms with E-state index in [4.69, 9.17) is 4.74 Å². The van der Waals surface area contributed by atoms with Crippen molar-refractivity contribution in [1.82, 2.24) is 4.90 Å². The Morgan fingerprint density at radius 1 is 1.57 bits per heavy atom. The topological polar surface area (TPSA) is 29.5 Å². The number of likely N-dealkylation sites (N-methyl/N-ethyl adjacent to an activating group) is 1. The van der Waals surface area contributed by atoms with Crippen LogP contribution in [0, 0.1) is 5.92 Å². The lowest BCUT2D eigenvalue weighted by Gasteiger charge is -2.32. The van der Waals surface area contributed by atoms with Gasteiger partial charge < -0.3 is 9.64 Å². The molecule has 1 unspecified atom stereocenters. The lowest BCUT2D eigenvalue weighted by molar-refractivity contribution is -0.141. The van der Waals surface area contributed by atoms with E-state index in [9.17, 15) is 4.79 Å². The molecule has 1 atom stereocenters. The molecule has 0 aromatic carbocycles. The first kappa shape index (κ1) is 11.5. The summed E-state index contributed by atoms with van der Waals surface area (Å²) in [6.07, 6.45) is 3.60. The maximum absolute atomic E-state index is 11.8. The zero-order valence-corrected chi connectivity index (χ0v) is 9.45. The molecule has 3 nitrogen and oxygen atoms in total. The third kappa shape index (κ3) is 2.71. The van der Waals surface area contributed by atoms with Crippen LogP contribution in [0.5, 0.6) is 0 Å². The van der Waals surface area contributed by atoms with Gasteiger partial charge in [0.2, 0.25) is 0 Å². The smallest absolute Gasteiger partial charge is 0.251 e. The van der Waals surface area contributed by atoms with E-state index in [0.717, 1.165) is 19.0 Å². The van der Waals surface area contributed by atoms with Crippen molar-refractivity contribution in [2.75, 3.05) is 20.2 Å². The molecule has 3 heteroatoms. The Morgan fingerprint density at radius 3 is 2.57 bits per heavy atom. The summed E-state index contributed by atoms with van der Waals surface area (Å²) in [5.41, 5.74) is 0. The van der Waals surface area contributed by atoms with Crippen molar-refractivity contribution in [3.05, 3.63) is 0 Å². The van der Waals surface area contributed by atoms with E-state index < -0.39 is 0 Å². The van der Waals surface area contributed by atoms with Gasteiger partial charge in [0.1, 0.15) is 6.10 Å². The van der Waals surface area contributed by atoms with Gasteiger partial charge in [-0.2, -0.15) is 0 Å². The molecular formula is C11H21NO2. The van der Waals surface area contributed by atoms with E-state index in [-0.39, 0.29) is 12.0 Å². The van der Waals surface area contributed by atoms with Crippen LogP contribution in [0.15, 0.2) is 0 Å². The van der Waals surface area contributed by atoms with E-state index in [2.05, 4.69) is 0 Å². The number of rotatable bonds is 5. The number of methoxy groups -OCH3 is 1. The predicted molar refractivity (Wildman–Crippen MR) is 56.1 cm³/mol. The minimum absolute atomic E-state index is 0.127. The Morgan fingerprint density at radius 2 is 2.21 bits per heavy atom. The number of amides is 1. The fourth-order valence-corrected chi connectivity index (χ4v) is 1.72. The molecule has 0 spiro atoms. The van der Waals surface area contributed by atoms with Crippen molar-refractivity contribution in [2.24, 2.45) is 5.92 Å². The summed E-state index contributed by atoms with van der Waals surface area (Å²) < 4.78 is 5.04. The summed E-state index contributed by atoms with van der Waals surface area (Å²) in [6, 6.07) is 0. The van der Waals surface area contributed by atoms with E-state index in [1.54, 1.807) is 7.11 Å². The van der Waals surface area contributed by atoms with Gasteiger partial charge in [-0.15, -0.1) is 0 Å². The van der Waals surface area contributed by atoms with Crippen molar-refractivity contribution in [1.29, 1.82) is 0 Å². The number of carbonyl (C=O) groups is 1. The molecular weight excluding hydrogens is 178 g/mol. The average molecular weight is 199 g/mol. The minimum Gasteiger partial charge on any atom is -0.372 e. The van der Waals surface area contributed by atoms with Gasteiger partial charge in [-0.1, -0.05) is 6.42 Å². The molecule has 1 saturated carbocycles. The van der Waals surface area contributed by atoms with Crippen LogP contribution >= 0.6 is 0 Å². The second-order valence-electron chi connectivity index (χ2n) is 4.05. The molecule has 1 rings (SSSR count). The fraction of sp³-hybridized carbons (Fsp3) is 0.909. The Hall–Kier alpha value is -0.570. The molecule has 0 saturated heterocycles. The monoisotopic (exact) mass is 199 g/mol. The summed E-state index contributed by atoms with van der Waals surface area (Å²) in [7, 11) is 1.58. The van der Waals surface area contributed by atoms with Crippen molar-refractivity contribution in [3.63, 3.8) is 0 Å². The predicted octanol–water partition coefficient (Wildman–Crippen LogP) is 1.67. The third-order valence-electron chi connectivity index (χ3n) is 3.10. The fourth-order valence-electron chi connectivity index (χ4n) is 1.72. The molecule has 1 aliphatic rings. The number of hydrogen-bond donors (Lipinski definition) is 0. The van der Waals surface area contributed by atoms with Crippen molar-refractivity contribution in [3.8, 4) is 0 Å². The van der Waals surface area contributed by atoms with Gasteiger partial charge in [0.05, 0.1) is 0 Å². The lowest BCUT2D eigenvalue weighted by Crippen LogP contribution is -2.42. The van der Waals surface area contributed by atoms with Crippen LogP contribution in [-0.2, 0) is 9.53 Å². The second-order valence-corrected chi connectivity index (χ2v) is 4.05. The molecule has 0 bridgehead atoms. The number of ether oxygens (including phenoxy) is 1. The van der Waals surface area contributed by atoms with Crippen LogP contribution in [0.1, 0.15) is 33.1 Å². The quantitative estimate of drug-likeness (QED) is 0.674. The van der Waals surface area contributed by atoms with Gasteiger partial charge in [0.25, 0.3) is 5.91 Å².